The zero-order valence-electron chi connectivity index (χ0n) is 16.0. The van der Waals surface area contributed by atoms with Gasteiger partial charge in [-0.3, -0.25) is 9.48 Å². The van der Waals surface area contributed by atoms with E-state index in [0.717, 1.165) is 0 Å². The molecule has 0 spiro atoms. The monoisotopic (exact) mass is 412 g/mol. The molecule has 1 N–H and O–H groups in total. The third-order valence-electron chi connectivity index (χ3n) is 4.63. The van der Waals surface area contributed by atoms with Crippen LogP contribution in [0.4, 0.5) is 0 Å². The zero-order chi connectivity index (χ0) is 20.3. The van der Waals surface area contributed by atoms with Gasteiger partial charge >= 0.3 is 0 Å². The Morgan fingerprint density at radius 1 is 1.46 bits per heavy atom. The third-order valence-corrected chi connectivity index (χ3v) is 6.45. The first-order chi connectivity index (χ1) is 13.3. The van der Waals surface area contributed by atoms with E-state index >= 15 is 0 Å². The molecule has 2 aromatic heterocycles. The van der Waals surface area contributed by atoms with Gasteiger partial charge in [0.1, 0.15) is 11.5 Å². The van der Waals surface area contributed by atoms with Crippen LogP contribution in [0.15, 0.2) is 21.8 Å². The van der Waals surface area contributed by atoms with Gasteiger partial charge in [0.2, 0.25) is 21.8 Å². The van der Waals surface area contributed by atoms with E-state index in [1.165, 1.54) is 23.8 Å². The van der Waals surface area contributed by atoms with Crippen LogP contribution in [0.25, 0.3) is 0 Å². The number of hydrogen-bond donors (Lipinski definition) is 1. The van der Waals surface area contributed by atoms with Crippen LogP contribution in [0.2, 0.25) is 0 Å². The van der Waals surface area contributed by atoms with Crippen molar-refractivity contribution in [2.45, 2.75) is 43.7 Å². The molecule has 0 aliphatic carbocycles. The number of carbonyl (C=O) groups is 1. The molecule has 12 heteroatoms. The van der Waals surface area contributed by atoms with E-state index in [1.54, 1.807) is 11.6 Å². The average Bonchev–Trinajstić information content (AvgIpc) is 3.31. The second-order valence-electron chi connectivity index (χ2n) is 6.58. The number of amides is 1. The number of sulfonamides is 1. The summed E-state index contributed by atoms with van der Waals surface area (Å²) in [6, 6.07) is -0.521. The van der Waals surface area contributed by atoms with Crippen LogP contribution in [-0.2, 0) is 26.1 Å². The Morgan fingerprint density at radius 2 is 2.25 bits per heavy atom. The molecule has 0 saturated carbocycles. The van der Waals surface area contributed by atoms with Crippen LogP contribution < -0.4 is 5.32 Å². The Kier molecular flexibility index (Phi) is 6.10. The SMILES string of the molecule is CCn1cc(S(=O)(=O)N2CC[C@H](c3nc(C)no3)[C@H](NC(=O)COC)C2)cn1. The van der Waals surface area contributed by atoms with E-state index in [-0.39, 0.29) is 36.4 Å². The molecule has 1 aliphatic rings. The van der Waals surface area contributed by atoms with Crippen LogP contribution in [0.5, 0.6) is 0 Å². The Morgan fingerprint density at radius 3 is 2.86 bits per heavy atom. The predicted molar refractivity (Wildman–Crippen MR) is 96.9 cm³/mol. The molecule has 3 rings (SSSR count). The normalized spacial score (nSPS) is 21.0. The number of hydrogen-bond acceptors (Lipinski definition) is 8. The number of nitrogens with one attached hydrogen (secondary N) is 1. The van der Waals surface area contributed by atoms with E-state index in [4.69, 9.17) is 9.26 Å². The summed E-state index contributed by atoms with van der Waals surface area (Å²) in [7, 11) is -2.31. The first-order valence-electron chi connectivity index (χ1n) is 8.96. The maximum absolute atomic E-state index is 13.0. The quantitative estimate of drug-likeness (QED) is 0.667. The molecule has 0 radical (unpaired) electrons. The molecule has 2 aromatic rings. The summed E-state index contributed by atoms with van der Waals surface area (Å²) in [6.45, 7) is 4.38. The van der Waals surface area contributed by atoms with Gasteiger partial charge in [-0.1, -0.05) is 5.16 Å². The lowest BCUT2D eigenvalue weighted by molar-refractivity contribution is -0.125. The van der Waals surface area contributed by atoms with Gasteiger partial charge in [0.25, 0.3) is 0 Å². The first kappa shape index (κ1) is 20.4. The van der Waals surface area contributed by atoms with Gasteiger partial charge in [-0.25, -0.2) is 8.42 Å². The zero-order valence-corrected chi connectivity index (χ0v) is 16.8. The average molecular weight is 412 g/mol. The maximum Gasteiger partial charge on any atom is 0.246 e. The van der Waals surface area contributed by atoms with Crippen molar-refractivity contribution in [1.29, 1.82) is 0 Å². The van der Waals surface area contributed by atoms with Crippen LogP contribution in [0, 0.1) is 6.92 Å². The van der Waals surface area contributed by atoms with Crippen LogP contribution >= 0.6 is 0 Å². The molecule has 11 nitrogen and oxygen atoms in total. The molecule has 0 aromatic carbocycles. The van der Waals surface area contributed by atoms with Gasteiger partial charge in [0.15, 0.2) is 5.82 Å². The van der Waals surface area contributed by atoms with Gasteiger partial charge in [-0.2, -0.15) is 14.4 Å². The van der Waals surface area contributed by atoms with Gasteiger partial charge in [0, 0.05) is 32.9 Å². The van der Waals surface area contributed by atoms with Crippen molar-refractivity contribution < 1.29 is 22.5 Å². The van der Waals surface area contributed by atoms with E-state index < -0.39 is 16.1 Å². The number of methoxy groups -OCH3 is 1. The van der Waals surface area contributed by atoms with E-state index in [1.807, 2.05) is 6.92 Å². The number of ether oxygens (including phenoxy) is 1. The van der Waals surface area contributed by atoms with Crippen LogP contribution in [0.3, 0.4) is 0 Å². The predicted octanol–water partition coefficient (Wildman–Crippen LogP) is -0.0962. The molecule has 1 amide bonds. The van der Waals surface area contributed by atoms with Crippen molar-refractivity contribution in [3.8, 4) is 0 Å². The summed E-state index contributed by atoms with van der Waals surface area (Å²) in [5, 5.41) is 10.7. The Bertz CT molecular complexity index is 924. The summed E-state index contributed by atoms with van der Waals surface area (Å²) >= 11 is 0. The van der Waals surface area contributed by atoms with Crippen molar-refractivity contribution in [1.82, 2.24) is 29.5 Å². The van der Waals surface area contributed by atoms with Crippen molar-refractivity contribution in [2.75, 3.05) is 26.8 Å². The number of piperidine rings is 1. The van der Waals surface area contributed by atoms with Crippen molar-refractivity contribution >= 4 is 15.9 Å². The van der Waals surface area contributed by atoms with Crippen LogP contribution in [0.1, 0.15) is 31.0 Å². The Labute approximate surface area is 163 Å². The number of nitrogens with zero attached hydrogens (tertiary/aromatic N) is 5. The highest BCUT2D eigenvalue weighted by molar-refractivity contribution is 7.89. The number of carbonyl (C=O) groups excluding carboxylic acids is 1. The van der Waals surface area contributed by atoms with Gasteiger partial charge in [-0.15, -0.1) is 0 Å². The summed E-state index contributed by atoms with van der Waals surface area (Å²) < 4.78 is 39.0. The highest BCUT2D eigenvalue weighted by Gasteiger charge is 2.39. The van der Waals surface area contributed by atoms with Gasteiger partial charge < -0.3 is 14.6 Å². The highest BCUT2D eigenvalue weighted by atomic mass is 32.2. The standard InChI is InChI=1S/C16H24N6O5S/c1-4-21-8-12(7-17-21)28(24,25)22-6-5-13(16-18-11(2)20-27-16)14(9-22)19-15(23)10-26-3/h7-8,13-14H,4-6,9-10H2,1-3H3,(H,19,23)/t13-,14+/m0/s1. The summed E-state index contributed by atoms with van der Waals surface area (Å²) in [5.74, 6) is 0.244. The molecular formula is C16H24N6O5S. The lowest BCUT2D eigenvalue weighted by Crippen LogP contribution is -2.53. The van der Waals surface area contributed by atoms with E-state index in [2.05, 4.69) is 20.6 Å². The molecule has 0 unspecified atom stereocenters. The molecule has 28 heavy (non-hydrogen) atoms. The topological polar surface area (TPSA) is 132 Å². The van der Waals surface area contributed by atoms with Crippen molar-refractivity contribution in [3.05, 3.63) is 24.1 Å². The molecule has 154 valence electrons. The van der Waals surface area contributed by atoms with Gasteiger partial charge in [-0.05, 0) is 20.3 Å². The minimum absolute atomic E-state index is 0.0845. The van der Waals surface area contributed by atoms with Crippen LogP contribution in [-0.4, -0.2) is 71.4 Å². The third kappa shape index (κ3) is 4.23. The largest absolute Gasteiger partial charge is 0.375 e. The summed E-state index contributed by atoms with van der Waals surface area (Å²) in [6.07, 6.45) is 3.27. The van der Waals surface area contributed by atoms with E-state index in [9.17, 15) is 13.2 Å². The fourth-order valence-corrected chi connectivity index (χ4v) is 4.66. The fraction of sp³-hybridized carbons (Fsp3) is 0.625. The second-order valence-corrected chi connectivity index (χ2v) is 8.51. The molecule has 1 saturated heterocycles. The molecule has 2 atom stereocenters. The summed E-state index contributed by atoms with van der Waals surface area (Å²) in [4.78, 5) is 16.5. The number of rotatable bonds is 7. The Hall–Kier alpha value is -2.31. The summed E-state index contributed by atoms with van der Waals surface area (Å²) in [5.41, 5.74) is 0. The van der Waals surface area contributed by atoms with Crippen molar-refractivity contribution in [3.63, 3.8) is 0 Å². The maximum atomic E-state index is 13.0. The highest BCUT2D eigenvalue weighted by Crippen LogP contribution is 2.30. The number of aromatic nitrogens is 4. The smallest absolute Gasteiger partial charge is 0.246 e. The molecule has 3 heterocycles. The number of aryl methyl sites for hydroxylation is 2. The minimum Gasteiger partial charge on any atom is -0.375 e. The second kappa shape index (κ2) is 8.37. The molecule has 0 bridgehead atoms. The van der Waals surface area contributed by atoms with E-state index in [0.29, 0.717) is 24.7 Å². The van der Waals surface area contributed by atoms with Crippen molar-refractivity contribution in [2.24, 2.45) is 0 Å². The minimum atomic E-state index is -3.73. The first-order valence-corrected chi connectivity index (χ1v) is 10.4. The lowest BCUT2D eigenvalue weighted by Gasteiger charge is -2.36. The molecule has 1 aliphatic heterocycles. The fourth-order valence-electron chi connectivity index (χ4n) is 3.23. The van der Waals surface area contributed by atoms with Gasteiger partial charge in [0.05, 0.1) is 18.2 Å². The Balaban J connectivity index is 1.83. The lowest BCUT2D eigenvalue weighted by atomic mass is 9.92. The molecular weight excluding hydrogens is 388 g/mol. The molecule has 1 fully saturated rings.